The molecule has 5 heteroatoms. The number of carbonyl (C=O) groups is 1. The van der Waals surface area contributed by atoms with Crippen LogP contribution in [0.2, 0.25) is 0 Å². The highest BCUT2D eigenvalue weighted by Crippen LogP contribution is 2.06. The number of carbonyl (C=O) groups excluding carboxylic acids is 1. The van der Waals surface area contributed by atoms with Crippen molar-refractivity contribution in [3.05, 3.63) is 0 Å². The average Bonchev–Trinajstić information content (AvgIpc) is 2.24. The van der Waals surface area contributed by atoms with Crippen LogP contribution in [0.25, 0.3) is 0 Å². The maximum atomic E-state index is 11.4. The minimum absolute atomic E-state index is 0.212. The predicted octanol–water partition coefficient (Wildman–Crippen LogP) is 1.86. The Labute approximate surface area is 115 Å². The van der Waals surface area contributed by atoms with E-state index in [1.54, 1.807) is 11.8 Å². The molecule has 0 aromatic heterocycles. The highest BCUT2D eigenvalue weighted by Gasteiger charge is 2.16. The molecule has 0 bridgehead atoms. The standard InChI is InChI=1S/C13H24N2O2S/c1-6-8-18-9-7-14-11(2)10-15-12(16)17-13(3,4)5/h1,11,14H,7-10H2,2-5H3,(H,15,16). The Morgan fingerprint density at radius 1 is 1.50 bits per heavy atom. The van der Waals surface area contributed by atoms with Crippen molar-refractivity contribution >= 4 is 17.9 Å². The summed E-state index contributed by atoms with van der Waals surface area (Å²) >= 11 is 1.72. The van der Waals surface area contributed by atoms with E-state index in [0.29, 0.717) is 6.54 Å². The molecule has 0 radical (unpaired) electrons. The van der Waals surface area contributed by atoms with Crippen LogP contribution in [0.1, 0.15) is 27.7 Å². The lowest BCUT2D eigenvalue weighted by molar-refractivity contribution is 0.0523. The first kappa shape index (κ1) is 17.1. The second kappa shape index (κ2) is 9.12. The van der Waals surface area contributed by atoms with Gasteiger partial charge in [0.25, 0.3) is 0 Å². The van der Waals surface area contributed by atoms with Crippen LogP contribution < -0.4 is 10.6 Å². The third-order valence-corrected chi connectivity index (χ3v) is 2.74. The summed E-state index contributed by atoms with van der Waals surface area (Å²) in [5.41, 5.74) is -0.452. The number of hydrogen-bond donors (Lipinski definition) is 2. The van der Waals surface area contributed by atoms with Gasteiger partial charge in [0.15, 0.2) is 0 Å². The smallest absolute Gasteiger partial charge is 0.407 e. The van der Waals surface area contributed by atoms with Crippen LogP contribution in [0, 0.1) is 12.3 Å². The van der Waals surface area contributed by atoms with Crippen LogP contribution in [0.4, 0.5) is 4.79 Å². The van der Waals surface area contributed by atoms with Gasteiger partial charge in [0.1, 0.15) is 5.60 Å². The molecule has 0 aromatic carbocycles. The number of terminal acetylenes is 1. The monoisotopic (exact) mass is 272 g/mol. The average molecular weight is 272 g/mol. The quantitative estimate of drug-likeness (QED) is 0.548. The van der Waals surface area contributed by atoms with Crippen LogP contribution in [0.5, 0.6) is 0 Å². The fourth-order valence-corrected chi connectivity index (χ4v) is 1.66. The molecule has 0 aliphatic carbocycles. The lowest BCUT2D eigenvalue weighted by atomic mass is 10.2. The lowest BCUT2D eigenvalue weighted by Crippen LogP contribution is -2.41. The van der Waals surface area contributed by atoms with Gasteiger partial charge in [-0.3, -0.25) is 0 Å². The summed E-state index contributed by atoms with van der Waals surface area (Å²) in [5, 5.41) is 6.03. The van der Waals surface area contributed by atoms with Crippen LogP contribution in [0.3, 0.4) is 0 Å². The summed E-state index contributed by atoms with van der Waals surface area (Å²) in [6.45, 7) is 8.98. The van der Waals surface area contributed by atoms with Gasteiger partial charge in [-0.25, -0.2) is 4.79 Å². The van der Waals surface area contributed by atoms with E-state index in [1.807, 2.05) is 27.7 Å². The van der Waals surface area contributed by atoms with Gasteiger partial charge in [-0.15, -0.1) is 18.2 Å². The van der Waals surface area contributed by atoms with Gasteiger partial charge in [0, 0.05) is 24.9 Å². The zero-order valence-electron chi connectivity index (χ0n) is 11.7. The Morgan fingerprint density at radius 3 is 2.72 bits per heavy atom. The molecule has 0 aliphatic heterocycles. The summed E-state index contributed by atoms with van der Waals surface area (Å²) in [7, 11) is 0. The molecule has 0 heterocycles. The molecule has 1 unspecified atom stereocenters. The van der Waals surface area contributed by atoms with Crippen molar-refractivity contribution in [3.63, 3.8) is 0 Å². The molecule has 0 aliphatic rings. The van der Waals surface area contributed by atoms with E-state index in [4.69, 9.17) is 11.2 Å². The molecule has 18 heavy (non-hydrogen) atoms. The van der Waals surface area contributed by atoms with Crippen molar-refractivity contribution < 1.29 is 9.53 Å². The first-order valence-corrected chi connectivity index (χ1v) is 7.22. The Balaban J connectivity index is 3.55. The molecule has 2 N–H and O–H groups in total. The molecule has 0 saturated heterocycles. The number of ether oxygens (including phenoxy) is 1. The molecular weight excluding hydrogens is 248 g/mol. The topological polar surface area (TPSA) is 50.4 Å². The van der Waals surface area contributed by atoms with Crippen molar-refractivity contribution in [2.75, 3.05) is 24.6 Å². The van der Waals surface area contributed by atoms with E-state index < -0.39 is 5.60 Å². The summed E-state index contributed by atoms with van der Waals surface area (Å²) in [6, 6.07) is 0.212. The van der Waals surface area contributed by atoms with Gasteiger partial charge in [0.05, 0.1) is 5.75 Å². The summed E-state index contributed by atoms with van der Waals surface area (Å²) in [5.74, 6) is 4.29. The summed E-state index contributed by atoms with van der Waals surface area (Å²) in [6.07, 6.45) is 4.77. The lowest BCUT2D eigenvalue weighted by Gasteiger charge is -2.21. The molecule has 0 saturated carbocycles. The van der Waals surface area contributed by atoms with E-state index in [9.17, 15) is 4.79 Å². The Kier molecular flexibility index (Phi) is 8.69. The van der Waals surface area contributed by atoms with Gasteiger partial charge in [-0.05, 0) is 27.7 Å². The van der Waals surface area contributed by atoms with Crippen LogP contribution in [-0.4, -0.2) is 42.3 Å². The Morgan fingerprint density at radius 2 is 2.17 bits per heavy atom. The molecule has 104 valence electrons. The Hall–Kier alpha value is -0.860. The fraction of sp³-hybridized carbons (Fsp3) is 0.769. The number of rotatable bonds is 7. The van der Waals surface area contributed by atoms with Gasteiger partial charge >= 0.3 is 6.09 Å². The normalized spacial score (nSPS) is 12.6. The van der Waals surface area contributed by atoms with E-state index in [1.165, 1.54) is 0 Å². The number of alkyl carbamates (subject to hydrolysis) is 1. The van der Waals surface area contributed by atoms with E-state index in [-0.39, 0.29) is 12.1 Å². The number of amides is 1. The molecule has 1 atom stereocenters. The third kappa shape index (κ3) is 11.6. The molecule has 4 nitrogen and oxygen atoms in total. The number of nitrogens with one attached hydrogen (secondary N) is 2. The van der Waals surface area contributed by atoms with Crippen molar-refractivity contribution in [1.82, 2.24) is 10.6 Å². The highest BCUT2D eigenvalue weighted by molar-refractivity contribution is 7.99. The number of thioether (sulfide) groups is 1. The van der Waals surface area contributed by atoms with Crippen LogP contribution in [-0.2, 0) is 4.74 Å². The molecule has 0 fully saturated rings. The first-order valence-electron chi connectivity index (χ1n) is 6.06. The number of hydrogen-bond acceptors (Lipinski definition) is 4. The molecule has 1 amide bonds. The first-order chi connectivity index (χ1) is 8.35. The summed E-state index contributed by atoms with van der Waals surface area (Å²) in [4.78, 5) is 11.4. The minimum atomic E-state index is -0.452. The van der Waals surface area contributed by atoms with Gasteiger partial charge in [-0.1, -0.05) is 5.92 Å². The van der Waals surface area contributed by atoms with E-state index >= 15 is 0 Å². The second-order valence-corrected chi connectivity index (χ2v) is 6.10. The third-order valence-electron chi connectivity index (χ3n) is 1.88. The second-order valence-electron chi connectivity index (χ2n) is 4.99. The zero-order chi connectivity index (χ0) is 14.0. The maximum Gasteiger partial charge on any atom is 0.407 e. The predicted molar refractivity (Wildman–Crippen MR) is 77.9 cm³/mol. The van der Waals surface area contributed by atoms with Crippen LogP contribution >= 0.6 is 11.8 Å². The zero-order valence-corrected chi connectivity index (χ0v) is 12.5. The van der Waals surface area contributed by atoms with E-state index in [0.717, 1.165) is 18.1 Å². The molecule has 0 spiro atoms. The minimum Gasteiger partial charge on any atom is -0.444 e. The van der Waals surface area contributed by atoms with Crippen molar-refractivity contribution in [1.29, 1.82) is 0 Å². The van der Waals surface area contributed by atoms with Crippen molar-refractivity contribution in [2.24, 2.45) is 0 Å². The molecule has 0 aromatic rings. The fourth-order valence-electron chi connectivity index (χ4n) is 1.13. The molecule has 0 rings (SSSR count). The molecular formula is C13H24N2O2S. The van der Waals surface area contributed by atoms with Gasteiger partial charge in [-0.2, -0.15) is 0 Å². The summed E-state index contributed by atoms with van der Waals surface area (Å²) < 4.78 is 5.14. The maximum absolute atomic E-state index is 11.4. The van der Waals surface area contributed by atoms with Crippen LogP contribution in [0.15, 0.2) is 0 Å². The van der Waals surface area contributed by atoms with Gasteiger partial charge in [0.2, 0.25) is 0 Å². The largest absolute Gasteiger partial charge is 0.444 e. The van der Waals surface area contributed by atoms with Crippen molar-refractivity contribution in [2.45, 2.75) is 39.3 Å². The highest BCUT2D eigenvalue weighted by atomic mass is 32.2. The van der Waals surface area contributed by atoms with Gasteiger partial charge < -0.3 is 15.4 Å². The SMILES string of the molecule is C#CCSCCNC(C)CNC(=O)OC(C)(C)C. The van der Waals surface area contributed by atoms with E-state index in [2.05, 4.69) is 16.6 Å². The van der Waals surface area contributed by atoms with Crippen molar-refractivity contribution in [3.8, 4) is 12.3 Å². The Bertz CT molecular complexity index is 282.